The number of likely N-dealkylation sites (tertiary alicyclic amines) is 1. The van der Waals surface area contributed by atoms with Gasteiger partial charge >= 0.3 is 0 Å². The minimum atomic E-state index is 0.424. The summed E-state index contributed by atoms with van der Waals surface area (Å²) in [5, 5.41) is 4.58. The second kappa shape index (κ2) is 4.96. The molecule has 4 heteroatoms. The van der Waals surface area contributed by atoms with E-state index in [4.69, 9.17) is 4.99 Å². The van der Waals surface area contributed by atoms with Crippen molar-refractivity contribution in [3.8, 4) is 0 Å². The molecule has 1 atom stereocenters. The first-order valence-electron chi connectivity index (χ1n) is 6.20. The van der Waals surface area contributed by atoms with Crippen LogP contribution in [0.3, 0.4) is 0 Å². The van der Waals surface area contributed by atoms with E-state index in [1.165, 1.54) is 25.9 Å². The highest BCUT2D eigenvalue weighted by atomic mass is 32.2. The molecule has 0 saturated carbocycles. The molecule has 2 fully saturated rings. The van der Waals surface area contributed by atoms with E-state index in [0.29, 0.717) is 11.5 Å². The summed E-state index contributed by atoms with van der Waals surface area (Å²) in [6.45, 7) is 8.03. The van der Waals surface area contributed by atoms with Gasteiger partial charge in [-0.3, -0.25) is 4.99 Å². The summed E-state index contributed by atoms with van der Waals surface area (Å²) in [6.07, 6.45) is 2.56. The number of aliphatic imine (C=N–C) groups is 1. The molecule has 2 aliphatic heterocycles. The summed E-state index contributed by atoms with van der Waals surface area (Å²) >= 11 is 1.87. The van der Waals surface area contributed by atoms with Gasteiger partial charge in [0.2, 0.25) is 0 Å². The third-order valence-electron chi connectivity index (χ3n) is 3.64. The Labute approximate surface area is 103 Å². The highest BCUT2D eigenvalue weighted by molar-refractivity contribution is 8.14. The summed E-state index contributed by atoms with van der Waals surface area (Å²) < 4.78 is 0. The van der Waals surface area contributed by atoms with Gasteiger partial charge in [-0.15, -0.1) is 0 Å². The standard InChI is InChI=1S/C12H23N3S/c1-10-8-16-11(14-10)13-9-12(2)4-6-15(3)7-5-12/h10H,4-9H2,1-3H3,(H,13,14). The second-order valence-electron chi connectivity index (χ2n) is 5.59. The Morgan fingerprint density at radius 2 is 2.19 bits per heavy atom. The van der Waals surface area contributed by atoms with Crippen molar-refractivity contribution in [3.05, 3.63) is 0 Å². The number of nitrogens with zero attached hydrogens (tertiary/aromatic N) is 2. The predicted molar refractivity (Wildman–Crippen MR) is 72.2 cm³/mol. The number of amidine groups is 1. The fourth-order valence-corrected chi connectivity index (χ4v) is 3.10. The maximum atomic E-state index is 4.74. The maximum Gasteiger partial charge on any atom is 0.156 e. The number of nitrogens with one attached hydrogen (secondary N) is 1. The average molecular weight is 241 g/mol. The van der Waals surface area contributed by atoms with Crippen LogP contribution in [0.4, 0.5) is 0 Å². The van der Waals surface area contributed by atoms with Gasteiger partial charge in [0.05, 0.1) is 0 Å². The molecule has 0 radical (unpaired) electrons. The quantitative estimate of drug-likeness (QED) is 0.799. The molecular weight excluding hydrogens is 218 g/mol. The summed E-state index contributed by atoms with van der Waals surface area (Å²) in [4.78, 5) is 7.16. The maximum absolute atomic E-state index is 4.74. The van der Waals surface area contributed by atoms with Crippen molar-refractivity contribution in [1.29, 1.82) is 0 Å². The molecule has 0 aromatic rings. The molecule has 2 saturated heterocycles. The molecule has 3 nitrogen and oxygen atoms in total. The highest BCUT2D eigenvalue weighted by Crippen LogP contribution is 2.31. The Morgan fingerprint density at radius 1 is 1.50 bits per heavy atom. The number of piperidine rings is 1. The molecule has 0 aromatic heterocycles. The monoisotopic (exact) mass is 241 g/mol. The van der Waals surface area contributed by atoms with E-state index in [0.717, 1.165) is 17.5 Å². The van der Waals surface area contributed by atoms with E-state index in [-0.39, 0.29) is 0 Å². The van der Waals surface area contributed by atoms with E-state index in [1.807, 2.05) is 11.8 Å². The van der Waals surface area contributed by atoms with E-state index in [9.17, 15) is 0 Å². The Morgan fingerprint density at radius 3 is 2.75 bits per heavy atom. The van der Waals surface area contributed by atoms with Crippen molar-refractivity contribution in [3.63, 3.8) is 0 Å². The van der Waals surface area contributed by atoms with Crippen molar-refractivity contribution in [2.24, 2.45) is 10.4 Å². The van der Waals surface area contributed by atoms with E-state index >= 15 is 0 Å². The first kappa shape index (κ1) is 12.2. The molecule has 16 heavy (non-hydrogen) atoms. The van der Waals surface area contributed by atoms with Crippen LogP contribution in [0.1, 0.15) is 26.7 Å². The zero-order valence-electron chi connectivity index (χ0n) is 10.6. The van der Waals surface area contributed by atoms with Crippen LogP contribution in [0.5, 0.6) is 0 Å². The van der Waals surface area contributed by atoms with Crippen LogP contribution in [-0.4, -0.2) is 48.5 Å². The zero-order chi connectivity index (χ0) is 11.6. The summed E-state index contributed by atoms with van der Waals surface area (Å²) in [5.41, 5.74) is 0.424. The number of thioether (sulfide) groups is 1. The normalized spacial score (nSPS) is 32.9. The van der Waals surface area contributed by atoms with Gasteiger partial charge < -0.3 is 10.2 Å². The molecule has 1 unspecified atom stereocenters. The van der Waals surface area contributed by atoms with Crippen LogP contribution in [-0.2, 0) is 0 Å². The lowest BCUT2D eigenvalue weighted by molar-refractivity contribution is 0.147. The largest absolute Gasteiger partial charge is 0.362 e. The van der Waals surface area contributed by atoms with Gasteiger partial charge in [0.1, 0.15) is 0 Å². The Balaban J connectivity index is 1.85. The van der Waals surface area contributed by atoms with Crippen molar-refractivity contribution >= 4 is 16.9 Å². The summed E-state index contributed by atoms with van der Waals surface area (Å²) in [5.74, 6) is 1.16. The lowest BCUT2D eigenvalue weighted by Crippen LogP contribution is -2.38. The Hall–Kier alpha value is -0.220. The Bertz CT molecular complexity index is 269. The van der Waals surface area contributed by atoms with Gasteiger partial charge in [0.15, 0.2) is 5.17 Å². The average Bonchev–Trinajstić information content (AvgIpc) is 2.67. The van der Waals surface area contributed by atoms with Crippen LogP contribution < -0.4 is 5.32 Å². The van der Waals surface area contributed by atoms with Crippen LogP contribution in [0.25, 0.3) is 0 Å². The molecule has 0 bridgehead atoms. The molecular formula is C12H23N3S. The van der Waals surface area contributed by atoms with Gasteiger partial charge in [0.25, 0.3) is 0 Å². The lowest BCUT2D eigenvalue weighted by atomic mass is 9.81. The van der Waals surface area contributed by atoms with Gasteiger partial charge in [-0.05, 0) is 45.3 Å². The number of rotatable bonds is 2. The first-order valence-corrected chi connectivity index (χ1v) is 7.18. The van der Waals surface area contributed by atoms with E-state index < -0.39 is 0 Å². The molecule has 1 N–H and O–H groups in total. The van der Waals surface area contributed by atoms with Crippen LogP contribution in [0, 0.1) is 5.41 Å². The van der Waals surface area contributed by atoms with Gasteiger partial charge in [-0.2, -0.15) is 0 Å². The zero-order valence-corrected chi connectivity index (χ0v) is 11.4. The van der Waals surface area contributed by atoms with Crippen molar-refractivity contribution in [2.75, 3.05) is 32.4 Å². The third-order valence-corrected chi connectivity index (χ3v) is 4.83. The fourth-order valence-electron chi connectivity index (χ4n) is 2.17. The minimum absolute atomic E-state index is 0.424. The SMILES string of the molecule is CC1CSC(=NCC2(C)CCN(C)CC2)N1. The van der Waals surface area contributed by atoms with Gasteiger partial charge in [-0.1, -0.05) is 18.7 Å². The van der Waals surface area contributed by atoms with Crippen LogP contribution in [0.2, 0.25) is 0 Å². The van der Waals surface area contributed by atoms with Crippen LogP contribution >= 0.6 is 11.8 Å². The van der Waals surface area contributed by atoms with E-state index in [1.54, 1.807) is 0 Å². The van der Waals surface area contributed by atoms with Gasteiger partial charge in [0, 0.05) is 18.3 Å². The molecule has 2 heterocycles. The number of hydrogen-bond acceptors (Lipinski definition) is 3. The molecule has 0 spiro atoms. The van der Waals surface area contributed by atoms with E-state index in [2.05, 4.69) is 31.1 Å². The van der Waals surface area contributed by atoms with Gasteiger partial charge in [-0.25, -0.2) is 0 Å². The lowest BCUT2D eigenvalue weighted by Gasteiger charge is -2.36. The smallest absolute Gasteiger partial charge is 0.156 e. The molecule has 0 amide bonds. The first-order chi connectivity index (χ1) is 7.57. The number of hydrogen-bond donors (Lipinski definition) is 1. The molecule has 2 aliphatic rings. The minimum Gasteiger partial charge on any atom is -0.362 e. The predicted octanol–water partition coefficient (Wildman–Crippen LogP) is 1.80. The topological polar surface area (TPSA) is 27.6 Å². The highest BCUT2D eigenvalue weighted by Gasteiger charge is 2.29. The summed E-state index contributed by atoms with van der Waals surface area (Å²) in [6, 6.07) is 0.592. The van der Waals surface area contributed by atoms with Crippen molar-refractivity contribution < 1.29 is 0 Å². The Kier molecular flexibility index (Phi) is 3.80. The molecule has 92 valence electrons. The molecule has 2 rings (SSSR count). The molecule has 0 aromatic carbocycles. The van der Waals surface area contributed by atoms with Crippen molar-refractivity contribution in [2.45, 2.75) is 32.7 Å². The van der Waals surface area contributed by atoms with Crippen molar-refractivity contribution in [1.82, 2.24) is 10.2 Å². The fraction of sp³-hybridized carbons (Fsp3) is 0.917. The third kappa shape index (κ3) is 3.14. The molecule has 0 aliphatic carbocycles. The second-order valence-corrected chi connectivity index (χ2v) is 6.60. The van der Waals surface area contributed by atoms with Crippen LogP contribution in [0.15, 0.2) is 4.99 Å². The summed E-state index contributed by atoms with van der Waals surface area (Å²) in [7, 11) is 2.21.